The van der Waals surface area contributed by atoms with E-state index in [1.807, 2.05) is 0 Å². The molecule has 5 heteroatoms. The lowest BCUT2D eigenvalue weighted by Gasteiger charge is -2.25. The van der Waals surface area contributed by atoms with E-state index in [4.69, 9.17) is 5.26 Å². The maximum absolute atomic E-state index is 8.77. The highest BCUT2D eigenvalue weighted by Gasteiger charge is 2.45. The maximum atomic E-state index is 8.77. The van der Waals surface area contributed by atoms with Crippen molar-refractivity contribution < 1.29 is 0 Å². The molecule has 39 heavy (non-hydrogen) atoms. The van der Waals surface area contributed by atoms with Gasteiger partial charge in [-0.25, -0.2) is 0 Å². The molecule has 0 atom stereocenters. The predicted octanol–water partition coefficient (Wildman–Crippen LogP) is 6.20. The Hall–Kier alpha value is -4.01. The number of fused-ring (bicyclic) bond motifs is 1. The highest BCUT2D eigenvalue weighted by molar-refractivity contribution is 5.87. The van der Waals surface area contributed by atoms with Gasteiger partial charge < -0.3 is 20.9 Å². The summed E-state index contributed by atoms with van der Waals surface area (Å²) in [6.45, 7) is 18.1. The third-order valence-electron chi connectivity index (χ3n) is 7.67. The molecule has 2 fully saturated rings. The van der Waals surface area contributed by atoms with Crippen molar-refractivity contribution in [1.82, 2.24) is 20.9 Å². The Morgan fingerprint density at radius 1 is 0.974 bits per heavy atom. The first-order chi connectivity index (χ1) is 18.9. The molecule has 1 saturated carbocycles. The number of hydrogen-bond acceptors (Lipinski definition) is 5. The fourth-order valence-corrected chi connectivity index (χ4v) is 4.90. The lowest BCUT2D eigenvalue weighted by atomic mass is 9.95. The fraction of sp³-hybridized carbons (Fsp3) is 0.324. The summed E-state index contributed by atoms with van der Waals surface area (Å²) < 4.78 is 0. The van der Waals surface area contributed by atoms with Crippen LogP contribution in [0.2, 0.25) is 0 Å². The van der Waals surface area contributed by atoms with Gasteiger partial charge in [-0.2, -0.15) is 5.26 Å². The number of nitrogens with zero attached hydrogens (tertiary/aromatic N) is 2. The first-order valence-electron chi connectivity index (χ1n) is 13.9. The Balaban J connectivity index is 0.000000634. The molecule has 1 aliphatic carbocycles. The van der Waals surface area contributed by atoms with Gasteiger partial charge in [-0.15, -0.1) is 0 Å². The number of aryl methyl sites for hydroxylation is 1. The molecule has 202 valence electrons. The van der Waals surface area contributed by atoms with E-state index in [1.165, 1.54) is 41.4 Å². The van der Waals surface area contributed by atoms with Crippen LogP contribution in [0.1, 0.15) is 48.4 Å². The molecule has 3 N–H and O–H groups in total. The average Bonchev–Trinajstić information content (AvgIpc) is 3.73. The van der Waals surface area contributed by atoms with Gasteiger partial charge in [0.2, 0.25) is 0 Å². The largest absolute Gasteiger partial charge is 0.380 e. The second-order valence-electron chi connectivity index (χ2n) is 10.5. The van der Waals surface area contributed by atoms with Crippen LogP contribution in [-0.2, 0) is 18.5 Å². The monoisotopic (exact) mass is 519 g/mol. The molecule has 0 radical (unpaired) electrons. The van der Waals surface area contributed by atoms with Gasteiger partial charge >= 0.3 is 0 Å². The van der Waals surface area contributed by atoms with Gasteiger partial charge in [0.15, 0.2) is 0 Å². The van der Waals surface area contributed by atoms with Gasteiger partial charge in [0.05, 0.1) is 17.3 Å². The van der Waals surface area contributed by atoms with E-state index in [9.17, 15) is 0 Å². The highest BCUT2D eigenvalue weighted by Crippen LogP contribution is 2.49. The molecule has 0 spiro atoms. The minimum absolute atomic E-state index is 0.0794. The lowest BCUT2D eigenvalue weighted by Crippen LogP contribution is -2.32. The Kier molecular flexibility index (Phi) is 9.11. The van der Waals surface area contributed by atoms with Gasteiger partial charge in [0.1, 0.15) is 6.54 Å². The zero-order valence-electron chi connectivity index (χ0n) is 23.4. The van der Waals surface area contributed by atoms with Crippen molar-refractivity contribution in [3.05, 3.63) is 114 Å². The molecule has 3 aromatic carbocycles. The third-order valence-corrected chi connectivity index (χ3v) is 7.67. The number of benzene rings is 3. The molecule has 1 heterocycles. The zero-order chi connectivity index (χ0) is 27.8. The smallest absolute Gasteiger partial charge is 0.103 e. The molecule has 1 saturated heterocycles. The first kappa shape index (κ1) is 28.0. The van der Waals surface area contributed by atoms with Crippen molar-refractivity contribution in [2.75, 3.05) is 26.7 Å². The second kappa shape index (κ2) is 12.7. The number of likely N-dealkylation sites (tertiary alicyclic amines) is 1. The van der Waals surface area contributed by atoms with Crippen molar-refractivity contribution in [1.29, 1.82) is 5.26 Å². The summed E-state index contributed by atoms with van der Waals surface area (Å²) in [7, 11) is 2.14. The molecule has 0 unspecified atom stereocenters. The van der Waals surface area contributed by atoms with Gasteiger partial charge in [0.25, 0.3) is 0 Å². The molecule has 0 aromatic heterocycles. The molecule has 2 aliphatic rings. The summed E-state index contributed by atoms with van der Waals surface area (Å²) in [5.41, 5.74) is 7.02. The molecule has 0 bridgehead atoms. The van der Waals surface area contributed by atoms with E-state index < -0.39 is 0 Å². The van der Waals surface area contributed by atoms with Crippen molar-refractivity contribution in [3.8, 4) is 6.07 Å². The first-order valence-corrected chi connectivity index (χ1v) is 13.9. The quantitative estimate of drug-likeness (QED) is 0.208. The summed E-state index contributed by atoms with van der Waals surface area (Å²) in [6, 6.07) is 23.7. The van der Waals surface area contributed by atoms with Crippen LogP contribution < -0.4 is 16.0 Å². The minimum Gasteiger partial charge on any atom is -0.380 e. The van der Waals surface area contributed by atoms with Gasteiger partial charge in [-0.1, -0.05) is 81.3 Å². The number of hydrogen-bond donors (Lipinski definition) is 3. The maximum Gasteiger partial charge on any atom is 0.103 e. The zero-order valence-corrected chi connectivity index (χ0v) is 23.4. The summed E-state index contributed by atoms with van der Waals surface area (Å²) in [5.74, 6) is 0. The van der Waals surface area contributed by atoms with E-state index in [2.05, 4.69) is 121 Å². The molecule has 0 amide bonds. The van der Waals surface area contributed by atoms with E-state index in [0.717, 1.165) is 36.1 Å². The van der Waals surface area contributed by atoms with Gasteiger partial charge in [0, 0.05) is 23.5 Å². The average molecular weight is 520 g/mol. The number of rotatable bonds is 11. The van der Waals surface area contributed by atoms with Crippen molar-refractivity contribution >= 4 is 16.5 Å². The predicted molar refractivity (Wildman–Crippen MR) is 164 cm³/mol. The van der Waals surface area contributed by atoms with E-state index >= 15 is 0 Å². The Labute approximate surface area is 233 Å². The molecule has 3 aromatic rings. The van der Waals surface area contributed by atoms with Crippen molar-refractivity contribution in [3.63, 3.8) is 0 Å². The van der Waals surface area contributed by atoms with Gasteiger partial charge in [-0.05, 0) is 79.3 Å². The van der Waals surface area contributed by atoms with Crippen molar-refractivity contribution in [2.24, 2.45) is 0 Å². The molecular weight excluding hydrogens is 478 g/mol. The molecule has 5 nitrogen and oxygen atoms in total. The van der Waals surface area contributed by atoms with Crippen LogP contribution in [0.3, 0.4) is 0 Å². The molecule has 5 rings (SSSR count). The Morgan fingerprint density at radius 3 is 2.31 bits per heavy atom. The summed E-state index contributed by atoms with van der Waals surface area (Å²) in [6.07, 6.45) is 4.55. The number of nitrogens with one attached hydrogen (secondary N) is 3. The normalized spacial score (nSPS) is 15.1. The topological polar surface area (TPSA) is 63.1 Å². The summed E-state index contributed by atoms with van der Waals surface area (Å²) in [4.78, 5) is 2.31. The SMILES string of the molecule is C=C(NCC#N)C(=C)NCc1ccc(CC)cc1C(=C)NC1(c2cccc3ccccc23)CC1.CN1CCC1. The van der Waals surface area contributed by atoms with Crippen molar-refractivity contribution in [2.45, 2.75) is 44.7 Å². The minimum atomic E-state index is -0.0794. The fourth-order valence-electron chi connectivity index (χ4n) is 4.90. The van der Waals surface area contributed by atoms with Crippen LogP contribution in [0.4, 0.5) is 0 Å². The number of nitriles is 1. The Morgan fingerprint density at radius 2 is 1.67 bits per heavy atom. The second-order valence-corrected chi connectivity index (χ2v) is 10.5. The van der Waals surface area contributed by atoms with Crippen LogP contribution in [0.15, 0.2) is 91.8 Å². The molecule has 1 aliphatic heterocycles. The van der Waals surface area contributed by atoms with Crippen LogP contribution in [-0.4, -0.2) is 31.6 Å². The van der Waals surface area contributed by atoms with Crippen LogP contribution in [0.5, 0.6) is 0 Å². The summed E-state index contributed by atoms with van der Waals surface area (Å²) in [5, 5.41) is 21.4. The van der Waals surface area contributed by atoms with E-state index in [1.54, 1.807) is 0 Å². The van der Waals surface area contributed by atoms with Crippen LogP contribution >= 0.6 is 0 Å². The summed E-state index contributed by atoms with van der Waals surface area (Å²) >= 11 is 0. The van der Waals surface area contributed by atoms with Gasteiger partial charge in [-0.3, -0.25) is 0 Å². The van der Waals surface area contributed by atoms with E-state index in [0.29, 0.717) is 17.9 Å². The highest BCUT2D eigenvalue weighted by atomic mass is 15.1. The lowest BCUT2D eigenvalue weighted by molar-refractivity contribution is 0.229. The van der Waals surface area contributed by atoms with E-state index in [-0.39, 0.29) is 12.1 Å². The molecular formula is C34H41N5. The Bertz CT molecular complexity index is 1380. The standard InChI is InChI=1S/C30H32N4.C4H9N/c1-5-24-13-14-26(20-33-22(3)21(2)32-18-17-31)28(19-24)23(4)34-30(15-16-30)29-12-8-10-25-9-6-7-11-27(25)29;1-5-3-2-4-5/h6-14,19,32-34H,2-5,15-16,18,20H2,1H3;2-4H2,1H3. The van der Waals surface area contributed by atoms with Crippen LogP contribution in [0.25, 0.3) is 16.5 Å². The third kappa shape index (κ3) is 6.90. The van der Waals surface area contributed by atoms with Crippen LogP contribution in [0, 0.1) is 11.3 Å².